The number of halogens is 2. The average molecular weight is 536 g/mol. The number of hydrogen-bond donors (Lipinski definition) is 2. The van der Waals surface area contributed by atoms with Gasteiger partial charge in [-0.3, -0.25) is 4.99 Å². The number of guanidine groups is 1. The summed E-state index contributed by atoms with van der Waals surface area (Å²) in [5.74, 6) is 1.69. The molecule has 2 aromatic carbocycles. The summed E-state index contributed by atoms with van der Waals surface area (Å²) in [7, 11) is 1.67. The molecule has 8 heteroatoms. The van der Waals surface area contributed by atoms with Crippen molar-refractivity contribution in [2.75, 3.05) is 20.3 Å². The van der Waals surface area contributed by atoms with Crippen molar-refractivity contribution in [2.45, 2.75) is 13.1 Å². The van der Waals surface area contributed by atoms with Crippen molar-refractivity contribution in [3.63, 3.8) is 0 Å². The summed E-state index contributed by atoms with van der Waals surface area (Å²) in [6.45, 7) is 1.73. The van der Waals surface area contributed by atoms with Gasteiger partial charge in [0.25, 0.3) is 0 Å². The number of nitrogens with one attached hydrogen (secondary N) is 2. The van der Waals surface area contributed by atoms with Gasteiger partial charge in [0, 0.05) is 38.0 Å². The van der Waals surface area contributed by atoms with E-state index in [0.717, 1.165) is 11.3 Å². The molecule has 0 saturated carbocycles. The van der Waals surface area contributed by atoms with Crippen LogP contribution in [0.4, 0.5) is 4.39 Å². The number of benzene rings is 2. The maximum atomic E-state index is 13.7. The molecule has 0 amide bonds. The lowest BCUT2D eigenvalue weighted by molar-refractivity contribution is 0.212. The first kappa shape index (κ1) is 24.4. The van der Waals surface area contributed by atoms with Crippen molar-refractivity contribution in [3.8, 4) is 11.6 Å². The number of aromatic nitrogens is 1. The van der Waals surface area contributed by atoms with Gasteiger partial charge in [0.15, 0.2) is 5.96 Å². The molecule has 31 heavy (non-hydrogen) atoms. The quantitative estimate of drug-likeness (QED) is 0.186. The average Bonchev–Trinajstić information content (AvgIpc) is 2.79. The molecule has 1 aromatic heterocycles. The molecule has 164 valence electrons. The van der Waals surface area contributed by atoms with E-state index in [4.69, 9.17) is 9.47 Å². The Labute approximate surface area is 198 Å². The summed E-state index contributed by atoms with van der Waals surface area (Å²) in [5.41, 5.74) is 1.55. The zero-order valence-corrected chi connectivity index (χ0v) is 19.6. The maximum Gasteiger partial charge on any atom is 0.213 e. The molecule has 1 heterocycles. The summed E-state index contributed by atoms with van der Waals surface area (Å²) < 4.78 is 24.9. The normalized spacial score (nSPS) is 10.7. The number of pyridine rings is 1. The third-order valence-electron chi connectivity index (χ3n) is 4.23. The molecule has 0 bridgehead atoms. The van der Waals surface area contributed by atoms with Gasteiger partial charge in [0.1, 0.15) is 24.8 Å². The zero-order valence-electron chi connectivity index (χ0n) is 17.3. The van der Waals surface area contributed by atoms with Crippen molar-refractivity contribution in [1.29, 1.82) is 0 Å². The fourth-order valence-corrected chi connectivity index (χ4v) is 2.65. The van der Waals surface area contributed by atoms with Crippen molar-refractivity contribution in [2.24, 2.45) is 4.99 Å². The van der Waals surface area contributed by atoms with Crippen molar-refractivity contribution < 1.29 is 13.9 Å². The minimum Gasteiger partial charge on any atom is -0.490 e. The van der Waals surface area contributed by atoms with E-state index in [1.165, 1.54) is 6.07 Å². The topological polar surface area (TPSA) is 67.8 Å². The van der Waals surface area contributed by atoms with Crippen LogP contribution in [-0.4, -0.2) is 31.2 Å². The van der Waals surface area contributed by atoms with E-state index in [9.17, 15) is 4.39 Å². The highest BCUT2D eigenvalue weighted by atomic mass is 127. The number of rotatable bonds is 9. The Morgan fingerprint density at radius 2 is 1.61 bits per heavy atom. The zero-order chi connectivity index (χ0) is 21.0. The molecule has 0 aliphatic heterocycles. The van der Waals surface area contributed by atoms with E-state index >= 15 is 0 Å². The van der Waals surface area contributed by atoms with Crippen LogP contribution < -0.4 is 20.1 Å². The molecule has 0 aliphatic carbocycles. The first-order valence-corrected chi connectivity index (χ1v) is 9.68. The number of hydrogen-bond acceptors (Lipinski definition) is 4. The molecule has 0 atom stereocenters. The Bertz CT molecular complexity index is 940. The second kappa shape index (κ2) is 13.4. The molecule has 0 unspecified atom stereocenters. The maximum absolute atomic E-state index is 13.7. The van der Waals surface area contributed by atoms with Gasteiger partial charge in [-0.2, -0.15) is 0 Å². The molecule has 6 nitrogen and oxygen atoms in total. The molecule has 0 spiro atoms. The van der Waals surface area contributed by atoms with E-state index in [1.54, 1.807) is 31.4 Å². The minimum atomic E-state index is -0.241. The van der Waals surface area contributed by atoms with Gasteiger partial charge in [-0.25, -0.2) is 9.37 Å². The van der Waals surface area contributed by atoms with Crippen molar-refractivity contribution >= 4 is 29.9 Å². The van der Waals surface area contributed by atoms with Gasteiger partial charge in [0.05, 0.1) is 0 Å². The van der Waals surface area contributed by atoms with Crippen LogP contribution in [0, 0.1) is 5.82 Å². The van der Waals surface area contributed by atoms with E-state index < -0.39 is 0 Å². The lowest BCUT2D eigenvalue weighted by Gasteiger charge is -2.12. The molecule has 0 aliphatic rings. The van der Waals surface area contributed by atoms with Gasteiger partial charge in [-0.1, -0.05) is 42.5 Å². The Kier molecular flexibility index (Phi) is 10.6. The number of para-hydroxylation sites is 1. The molecule has 3 aromatic rings. The van der Waals surface area contributed by atoms with Crippen LogP contribution in [0.5, 0.6) is 11.6 Å². The fourth-order valence-electron chi connectivity index (χ4n) is 2.65. The summed E-state index contributed by atoms with van der Waals surface area (Å²) >= 11 is 0. The van der Waals surface area contributed by atoms with Gasteiger partial charge in [-0.15, -0.1) is 24.0 Å². The van der Waals surface area contributed by atoms with Crippen LogP contribution in [0.1, 0.15) is 11.1 Å². The lowest BCUT2D eigenvalue weighted by Crippen LogP contribution is -2.36. The van der Waals surface area contributed by atoms with Gasteiger partial charge in [-0.05, 0) is 23.8 Å². The number of nitrogens with zero attached hydrogens (tertiary/aromatic N) is 2. The summed E-state index contributed by atoms with van der Waals surface area (Å²) in [6, 6.07) is 20.0. The predicted molar refractivity (Wildman–Crippen MR) is 131 cm³/mol. The Hall–Kier alpha value is -2.88. The highest BCUT2D eigenvalue weighted by molar-refractivity contribution is 14.0. The second-order valence-electron chi connectivity index (χ2n) is 6.39. The third-order valence-corrected chi connectivity index (χ3v) is 4.23. The molecular formula is C23H26FIN4O2. The van der Waals surface area contributed by atoms with Gasteiger partial charge in [0.2, 0.25) is 5.88 Å². The molecule has 0 saturated heterocycles. The minimum absolute atomic E-state index is 0. The van der Waals surface area contributed by atoms with E-state index in [0.29, 0.717) is 43.7 Å². The Morgan fingerprint density at radius 3 is 2.32 bits per heavy atom. The molecule has 2 N–H and O–H groups in total. The van der Waals surface area contributed by atoms with E-state index in [2.05, 4.69) is 20.6 Å². The van der Waals surface area contributed by atoms with Crippen LogP contribution in [0.25, 0.3) is 0 Å². The molecule has 0 radical (unpaired) electrons. The number of aliphatic imine (C=N–C) groups is 1. The van der Waals surface area contributed by atoms with Crippen LogP contribution in [0.15, 0.2) is 77.9 Å². The van der Waals surface area contributed by atoms with Crippen molar-refractivity contribution in [1.82, 2.24) is 15.6 Å². The molecule has 3 rings (SSSR count). The SMILES string of the molecule is CN=C(NCc1ccc(OCCOc2ccccc2)nc1)NCc1ccccc1F.I. The lowest BCUT2D eigenvalue weighted by atomic mass is 10.2. The molecular weight excluding hydrogens is 510 g/mol. The highest BCUT2D eigenvalue weighted by Gasteiger charge is 2.04. The van der Waals surface area contributed by atoms with Crippen LogP contribution in [0.2, 0.25) is 0 Å². The fraction of sp³-hybridized carbons (Fsp3) is 0.217. The van der Waals surface area contributed by atoms with E-state index in [1.807, 2.05) is 42.5 Å². The van der Waals surface area contributed by atoms with Gasteiger partial charge < -0.3 is 20.1 Å². The highest BCUT2D eigenvalue weighted by Crippen LogP contribution is 2.10. The smallest absolute Gasteiger partial charge is 0.213 e. The predicted octanol–water partition coefficient (Wildman–Crippen LogP) is 4.16. The van der Waals surface area contributed by atoms with Crippen LogP contribution in [-0.2, 0) is 13.1 Å². The molecule has 0 fully saturated rings. The largest absolute Gasteiger partial charge is 0.490 e. The van der Waals surface area contributed by atoms with Crippen molar-refractivity contribution in [3.05, 3.63) is 89.9 Å². The first-order chi connectivity index (χ1) is 14.7. The Morgan fingerprint density at radius 1 is 0.903 bits per heavy atom. The van der Waals surface area contributed by atoms with Crippen LogP contribution >= 0.6 is 24.0 Å². The second-order valence-corrected chi connectivity index (χ2v) is 6.39. The third kappa shape index (κ3) is 8.41. The summed E-state index contributed by atoms with van der Waals surface area (Å²) in [5, 5.41) is 6.28. The van der Waals surface area contributed by atoms with Crippen LogP contribution in [0.3, 0.4) is 0 Å². The number of ether oxygens (including phenoxy) is 2. The first-order valence-electron chi connectivity index (χ1n) is 9.68. The Balaban J connectivity index is 0.00000341. The monoisotopic (exact) mass is 536 g/mol. The standard InChI is InChI=1S/C23H25FN4O2.HI/c1-25-23(28-17-19-7-5-6-10-21(19)24)27-16-18-11-12-22(26-15-18)30-14-13-29-20-8-3-2-4-9-20;/h2-12,15H,13-14,16-17H2,1H3,(H2,25,27,28);1H. The summed E-state index contributed by atoms with van der Waals surface area (Å²) in [4.78, 5) is 8.46. The van der Waals surface area contributed by atoms with Gasteiger partial charge >= 0.3 is 0 Å². The van der Waals surface area contributed by atoms with E-state index in [-0.39, 0.29) is 29.8 Å². The summed E-state index contributed by atoms with van der Waals surface area (Å²) in [6.07, 6.45) is 1.74.